The highest BCUT2D eigenvalue weighted by atomic mass is 16.7. The summed E-state index contributed by atoms with van der Waals surface area (Å²) in [4.78, 5) is 38.2. The molecule has 1 aromatic carbocycles. The maximum atomic E-state index is 14.4. The second-order valence-corrected chi connectivity index (χ2v) is 14.0. The van der Waals surface area contributed by atoms with E-state index in [-0.39, 0.29) is 36.7 Å². The van der Waals surface area contributed by atoms with Crippen LogP contribution in [0.15, 0.2) is 46.0 Å². The van der Waals surface area contributed by atoms with Crippen LogP contribution >= 0.6 is 0 Å². The van der Waals surface area contributed by atoms with Crippen molar-refractivity contribution in [2.75, 3.05) is 26.4 Å². The van der Waals surface area contributed by atoms with Crippen molar-refractivity contribution in [1.29, 1.82) is 0 Å². The van der Waals surface area contributed by atoms with Crippen LogP contribution in [-0.4, -0.2) is 61.5 Å². The molecule has 4 aromatic rings. The Bertz CT molecular complexity index is 1870. The quantitative estimate of drug-likeness (QED) is 0.184. The molecule has 0 spiro atoms. The maximum absolute atomic E-state index is 14.4. The number of imidazole rings is 1. The van der Waals surface area contributed by atoms with Gasteiger partial charge in [0, 0.05) is 38.0 Å². The Kier molecular flexibility index (Phi) is 9.53. The largest absolute Gasteiger partial charge is 0.477 e. The van der Waals surface area contributed by atoms with Gasteiger partial charge in [-0.25, -0.2) is 14.8 Å². The molecule has 11 heteroatoms. The summed E-state index contributed by atoms with van der Waals surface area (Å²) in [7, 11) is 0. The Hall–Kier alpha value is -3.80. The van der Waals surface area contributed by atoms with Gasteiger partial charge in [0.1, 0.15) is 5.82 Å². The number of hydrogen-bond donors (Lipinski definition) is 1. The normalized spacial score (nSPS) is 20.9. The maximum Gasteiger partial charge on any atom is 0.332 e. The fourth-order valence-electron chi connectivity index (χ4n) is 6.76. The molecule has 1 aliphatic heterocycles. The van der Waals surface area contributed by atoms with Crippen LogP contribution in [0.4, 0.5) is 0 Å². The molecular weight excluding hydrogens is 610 g/mol. The van der Waals surface area contributed by atoms with E-state index in [0.717, 1.165) is 49.8 Å². The third-order valence-electron chi connectivity index (χ3n) is 9.84. The van der Waals surface area contributed by atoms with Crippen molar-refractivity contribution >= 4 is 11.2 Å². The summed E-state index contributed by atoms with van der Waals surface area (Å²) in [5.41, 5.74) is 3.69. The summed E-state index contributed by atoms with van der Waals surface area (Å²) in [6, 6.07) is 12.0. The van der Waals surface area contributed by atoms with Gasteiger partial charge in [-0.1, -0.05) is 24.3 Å². The van der Waals surface area contributed by atoms with Crippen molar-refractivity contribution in [2.24, 2.45) is 11.8 Å². The van der Waals surface area contributed by atoms with E-state index in [1.807, 2.05) is 37.5 Å². The summed E-state index contributed by atoms with van der Waals surface area (Å²) in [6.45, 7) is 8.26. The fourth-order valence-corrected chi connectivity index (χ4v) is 6.76. The molecule has 3 aromatic heterocycles. The minimum atomic E-state index is -0.382. The molecule has 11 nitrogen and oxygen atoms in total. The lowest BCUT2D eigenvalue weighted by atomic mass is 10.1. The predicted octanol–water partition coefficient (Wildman–Crippen LogP) is 5.18. The summed E-state index contributed by atoms with van der Waals surface area (Å²) in [5.74, 6) is 2.27. The lowest BCUT2D eigenvalue weighted by Crippen LogP contribution is -2.41. The number of aromatic nitrogens is 5. The number of rotatable bonds is 14. The summed E-state index contributed by atoms with van der Waals surface area (Å²) in [5, 5.41) is 9.58. The second-order valence-electron chi connectivity index (χ2n) is 14.0. The van der Waals surface area contributed by atoms with Crippen molar-refractivity contribution < 1.29 is 19.3 Å². The first kappa shape index (κ1) is 32.7. The molecule has 4 heterocycles. The van der Waals surface area contributed by atoms with Gasteiger partial charge in [0.05, 0.1) is 18.8 Å². The van der Waals surface area contributed by atoms with Crippen LogP contribution < -0.4 is 16.0 Å². The SMILES string of the molecule is Cc1ccc(-c2nc3c(c(=O)n(CCCOC4CCCCO4)c(=O)n3C(C)C)n2Cc2ccc(C3CC3CO)cc2)c(OCC2CC2)n1. The minimum absolute atomic E-state index is 0.205. The van der Waals surface area contributed by atoms with Gasteiger partial charge in [-0.2, -0.15) is 0 Å². The molecule has 2 aliphatic carbocycles. The zero-order valence-corrected chi connectivity index (χ0v) is 28.3. The lowest BCUT2D eigenvalue weighted by molar-refractivity contribution is -0.163. The van der Waals surface area contributed by atoms with E-state index < -0.39 is 0 Å². The van der Waals surface area contributed by atoms with E-state index in [2.05, 4.69) is 24.3 Å². The highest BCUT2D eigenvalue weighted by Crippen LogP contribution is 2.47. The average molecular weight is 658 g/mol. The predicted molar refractivity (Wildman–Crippen MR) is 182 cm³/mol. The molecule has 3 atom stereocenters. The number of hydrogen-bond acceptors (Lipinski definition) is 8. The number of fused-ring (bicyclic) bond motifs is 1. The molecule has 1 N–H and O–H groups in total. The molecule has 7 rings (SSSR count). The highest BCUT2D eigenvalue weighted by molar-refractivity contribution is 5.79. The Morgan fingerprint density at radius 2 is 1.83 bits per heavy atom. The number of aryl methyl sites for hydroxylation is 1. The van der Waals surface area contributed by atoms with Crippen LogP contribution in [0.25, 0.3) is 22.6 Å². The molecule has 3 aliphatic rings. The Morgan fingerprint density at radius 1 is 1.02 bits per heavy atom. The van der Waals surface area contributed by atoms with Gasteiger partial charge < -0.3 is 23.9 Å². The van der Waals surface area contributed by atoms with Gasteiger partial charge in [-0.05, 0) is 107 Å². The molecule has 1 saturated heterocycles. The van der Waals surface area contributed by atoms with Crippen LogP contribution in [0.1, 0.15) is 87.6 Å². The van der Waals surface area contributed by atoms with E-state index in [0.29, 0.717) is 79.0 Å². The molecule has 0 bridgehead atoms. The standard InChI is InChI=1S/C37H47N5O6/c1-23(2)42-34-32(36(44)40(37(42)45)16-6-18-47-31-7-4-5-17-46-31)41(20-25-11-13-27(14-12-25)30-19-28(30)21-43)33(39-34)29-15-8-24(3)38-35(29)48-22-26-9-10-26/h8,11-15,23,26,28,30-31,43H,4-7,9-10,16-22H2,1-3H3. The fraction of sp³-hybridized carbons (Fsp3) is 0.568. The second kappa shape index (κ2) is 14.0. The number of ether oxygens (including phenoxy) is 3. The van der Waals surface area contributed by atoms with Gasteiger partial charge in [-0.3, -0.25) is 13.9 Å². The topological polar surface area (TPSA) is 123 Å². The molecule has 48 heavy (non-hydrogen) atoms. The van der Waals surface area contributed by atoms with E-state index in [1.54, 1.807) is 4.57 Å². The number of aliphatic hydroxyl groups is 1. The number of benzene rings is 1. The summed E-state index contributed by atoms with van der Waals surface area (Å²) in [6.07, 6.45) is 6.54. The van der Waals surface area contributed by atoms with Gasteiger partial charge in [0.2, 0.25) is 5.88 Å². The van der Waals surface area contributed by atoms with Crippen molar-refractivity contribution in [2.45, 2.75) is 97.1 Å². The van der Waals surface area contributed by atoms with E-state index in [9.17, 15) is 14.7 Å². The first-order valence-corrected chi connectivity index (χ1v) is 17.6. The van der Waals surface area contributed by atoms with Crippen LogP contribution in [0.5, 0.6) is 5.88 Å². The lowest BCUT2D eigenvalue weighted by Gasteiger charge is -2.22. The smallest absolute Gasteiger partial charge is 0.332 e. The zero-order chi connectivity index (χ0) is 33.4. The van der Waals surface area contributed by atoms with Gasteiger partial charge >= 0.3 is 5.69 Å². The molecular formula is C37H47N5O6. The first-order valence-electron chi connectivity index (χ1n) is 17.6. The molecule has 0 amide bonds. The van der Waals surface area contributed by atoms with Crippen LogP contribution in [-0.2, 0) is 22.6 Å². The summed E-state index contributed by atoms with van der Waals surface area (Å²) >= 11 is 0. The molecule has 256 valence electrons. The molecule has 3 fully saturated rings. The van der Waals surface area contributed by atoms with Gasteiger partial charge in [0.15, 0.2) is 17.5 Å². The van der Waals surface area contributed by atoms with E-state index >= 15 is 0 Å². The van der Waals surface area contributed by atoms with E-state index in [1.165, 1.54) is 10.1 Å². The van der Waals surface area contributed by atoms with E-state index in [4.69, 9.17) is 24.2 Å². The summed E-state index contributed by atoms with van der Waals surface area (Å²) < 4.78 is 22.8. The number of pyridine rings is 1. The third kappa shape index (κ3) is 6.86. The average Bonchev–Trinajstić information content (AvgIpc) is 4.02. The number of aliphatic hydroxyl groups excluding tert-OH is 1. The van der Waals surface area contributed by atoms with Crippen LogP contribution in [0.3, 0.4) is 0 Å². The molecule has 0 radical (unpaired) electrons. The molecule has 3 unspecified atom stereocenters. The Balaban J connectivity index is 1.31. The van der Waals surface area contributed by atoms with Crippen LogP contribution in [0.2, 0.25) is 0 Å². The van der Waals surface area contributed by atoms with Crippen molar-refractivity contribution in [1.82, 2.24) is 23.7 Å². The first-order chi connectivity index (χ1) is 23.3. The van der Waals surface area contributed by atoms with Gasteiger partial charge in [-0.15, -0.1) is 0 Å². The van der Waals surface area contributed by atoms with Gasteiger partial charge in [0.25, 0.3) is 5.56 Å². The third-order valence-corrected chi connectivity index (χ3v) is 9.84. The van der Waals surface area contributed by atoms with Crippen molar-refractivity contribution in [3.8, 4) is 17.3 Å². The highest BCUT2D eigenvalue weighted by Gasteiger charge is 2.37. The monoisotopic (exact) mass is 657 g/mol. The van der Waals surface area contributed by atoms with Crippen molar-refractivity contribution in [3.05, 3.63) is 74.1 Å². The Labute approximate surface area is 280 Å². The number of nitrogens with zero attached hydrogens (tertiary/aromatic N) is 5. The molecule has 2 saturated carbocycles. The van der Waals surface area contributed by atoms with Crippen LogP contribution in [0, 0.1) is 18.8 Å². The van der Waals surface area contributed by atoms with Crippen molar-refractivity contribution in [3.63, 3.8) is 0 Å². The Morgan fingerprint density at radius 3 is 2.52 bits per heavy atom. The zero-order valence-electron chi connectivity index (χ0n) is 28.3. The minimum Gasteiger partial charge on any atom is -0.477 e.